The van der Waals surface area contributed by atoms with Crippen LogP contribution in [0.1, 0.15) is 84.4 Å². The van der Waals surface area contributed by atoms with E-state index in [1.54, 1.807) is 0 Å². The van der Waals surface area contributed by atoms with Gasteiger partial charge in [-0.3, -0.25) is 0 Å². The lowest BCUT2D eigenvalue weighted by atomic mass is 10.1. The maximum absolute atomic E-state index is 4.81. The van der Waals surface area contributed by atoms with E-state index in [1.807, 2.05) is 13.8 Å². The summed E-state index contributed by atoms with van der Waals surface area (Å²) in [6, 6.07) is 0. The van der Waals surface area contributed by atoms with E-state index in [9.17, 15) is 0 Å². The molecule has 1 aromatic heterocycles. The first-order valence-corrected chi connectivity index (χ1v) is 7.26. The monoisotopic (exact) mass is 250 g/mol. The van der Waals surface area contributed by atoms with Crippen molar-refractivity contribution in [1.29, 1.82) is 0 Å². The zero-order valence-corrected chi connectivity index (χ0v) is 13.4. The number of aromatic nitrogens is 2. The Morgan fingerprint density at radius 3 is 2.00 bits per heavy atom. The van der Waals surface area contributed by atoms with Crippen molar-refractivity contribution >= 4 is 6.20 Å². The normalized spacial score (nSPS) is 11.2. The highest BCUT2D eigenvalue weighted by Gasteiger charge is 2.18. The van der Waals surface area contributed by atoms with Crippen molar-refractivity contribution in [2.75, 3.05) is 0 Å². The molecule has 1 aromatic rings. The molecule has 0 radical (unpaired) electrons. The Bertz CT molecular complexity index is 371. The van der Waals surface area contributed by atoms with Crippen LogP contribution in [-0.2, 0) is 6.42 Å². The maximum atomic E-state index is 4.81. The molecule has 2 heteroatoms. The molecule has 0 unspecified atom stereocenters. The number of nitrogens with zero attached hydrogens (tertiary/aromatic N) is 2. The zero-order chi connectivity index (χ0) is 14.3. The maximum Gasteiger partial charge on any atom is 0.115 e. The highest BCUT2D eigenvalue weighted by molar-refractivity contribution is 5.34. The summed E-state index contributed by atoms with van der Waals surface area (Å²) < 4.78 is 2.26. The number of allylic oxidation sites excluding steroid dienone is 1. The summed E-state index contributed by atoms with van der Waals surface area (Å²) in [4.78, 5) is 4.81. The molecule has 0 bridgehead atoms. The minimum atomic E-state index is 0.467. The van der Waals surface area contributed by atoms with Crippen LogP contribution in [0.4, 0.5) is 0 Å². The van der Waals surface area contributed by atoms with E-state index in [-0.39, 0.29) is 0 Å². The molecule has 0 aliphatic carbocycles. The van der Waals surface area contributed by atoms with Gasteiger partial charge >= 0.3 is 0 Å². The molecule has 0 aliphatic heterocycles. The van der Waals surface area contributed by atoms with Crippen molar-refractivity contribution in [3.63, 3.8) is 0 Å². The van der Waals surface area contributed by atoms with E-state index >= 15 is 0 Å². The summed E-state index contributed by atoms with van der Waals surface area (Å²) in [5.74, 6) is 2.15. The van der Waals surface area contributed by atoms with Crippen LogP contribution in [0.5, 0.6) is 0 Å². The van der Waals surface area contributed by atoms with Crippen molar-refractivity contribution in [1.82, 2.24) is 9.55 Å². The number of rotatable bonds is 4. The lowest BCUT2D eigenvalue weighted by molar-refractivity contribution is 0.750. The van der Waals surface area contributed by atoms with E-state index in [1.165, 1.54) is 17.2 Å². The molecule has 0 aromatic carbocycles. The van der Waals surface area contributed by atoms with Crippen molar-refractivity contribution < 1.29 is 0 Å². The Kier molecular flexibility index (Phi) is 7.65. The Balaban J connectivity index is 0.00000137. The van der Waals surface area contributed by atoms with Gasteiger partial charge in [0.15, 0.2) is 0 Å². The fraction of sp³-hybridized carbons (Fsp3) is 0.688. The van der Waals surface area contributed by atoms with Crippen molar-refractivity contribution in [2.24, 2.45) is 0 Å². The van der Waals surface area contributed by atoms with Crippen LogP contribution < -0.4 is 0 Å². The number of hydrogen-bond acceptors (Lipinski definition) is 1. The van der Waals surface area contributed by atoms with Gasteiger partial charge in [-0.15, -0.1) is 0 Å². The van der Waals surface area contributed by atoms with E-state index in [2.05, 4.69) is 58.4 Å². The number of hydrogen-bond donors (Lipinski definition) is 0. The average molecular weight is 250 g/mol. The van der Waals surface area contributed by atoms with Gasteiger partial charge in [0.2, 0.25) is 0 Å². The molecule has 0 spiro atoms. The topological polar surface area (TPSA) is 17.8 Å². The minimum absolute atomic E-state index is 0.467. The van der Waals surface area contributed by atoms with Crippen LogP contribution in [0.3, 0.4) is 0 Å². The third-order valence-electron chi connectivity index (χ3n) is 2.76. The lowest BCUT2D eigenvalue weighted by Gasteiger charge is -2.08. The molecule has 0 saturated carbocycles. The molecule has 0 saturated heterocycles. The molecule has 0 aliphatic rings. The Morgan fingerprint density at radius 1 is 1.11 bits per heavy atom. The van der Waals surface area contributed by atoms with Crippen LogP contribution in [0.25, 0.3) is 6.20 Å². The van der Waals surface area contributed by atoms with Gasteiger partial charge in [0.25, 0.3) is 0 Å². The van der Waals surface area contributed by atoms with Crippen LogP contribution in [0.2, 0.25) is 0 Å². The van der Waals surface area contributed by atoms with Crippen molar-refractivity contribution in [3.05, 3.63) is 23.3 Å². The fourth-order valence-electron chi connectivity index (χ4n) is 2.04. The highest BCUT2D eigenvalue weighted by atomic mass is 15.1. The SMILES string of the molecule is C/C=C\n1c(C(C)C)nc(C(C)C)c1CC.CC. The lowest BCUT2D eigenvalue weighted by Crippen LogP contribution is -2.02. The second kappa shape index (κ2) is 8.12. The molecule has 0 amide bonds. The van der Waals surface area contributed by atoms with Gasteiger partial charge in [-0.25, -0.2) is 4.98 Å². The van der Waals surface area contributed by atoms with Gasteiger partial charge in [-0.1, -0.05) is 54.5 Å². The summed E-state index contributed by atoms with van der Waals surface area (Å²) in [5, 5.41) is 0. The van der Waals surface area contributed by atoms with Gasteiger partial charge in [0.05, 0.1) is 5.69 Å². The van der Waals surface area contributed by atoms with E-state index in [0.717, 1.165) is 6.42 Å². The van der Waals surface area contributed by atoms with Gasteiger partial charge in [0, 0.05) is 17.8 Å². The van der Waals surface area contributed by atoms with Crippen molar-refractivity contribution in [2.45, 2.75) is 73.6 Å². The molecule has 1 rings (SSSR count). The summed E-state index contributed by atoms with van der Waals surface area (Å²) in [6.45, 7) is 17.1. The Morgan fingerprint density at radius 2 is 1.67 bits per heavy atom. The molecule has 0 N–H and O–H groups in total. The average Bonchev–Trinajstić information content (AvgIpc) is 2.71. The fourth-order valence-corrected chi connectivity index (χ4v) is 2.04. The van der Waals surface area contributed by atoms with Crippen LogP contribution >= 0.6 is 0 Å². The molecule has 0 atom stereocenters. The largest absolute Gasteiger partial charge is 0.307 e. The zero-order valence-electron chi connectivity index (χ0n) is 13.4. The quantitative estimate of drug-likeness (QED) is 0.717. The second-order valence-corrected chi connectivity index (χ2v) is 4.82. The van der Waals surface area contributed by atoms with Gasteiger partial charge < -0.3 is 4.57 Å². The molecule has 2 nitrogen and oxygen atoms in total. The van der Waals surface area contributed by atoms with Crippen LogP contribution in [0, 0.1) is 0 Å². The predicted octanol–water partition coefficient (Wildman–Crippen LogP) is 5.21. The van der Waals surface area contributed by atoms with E-state index in [0.29, 0.717) is 11.8 Å². The summed E-state index contributed by atoms with van der Waals surface area (Å²) in [6.07, 6.45) is 5.25. The smallest absolute Gasteiger partial charge is 0.115 e. The van der Waals surface area contributed by atoms with E-state index < -0.39 is 0 Å². The Labute approximate surface area is 113 Å². The Hall–Kier alpha value is -1.05. The number of imidazole rings is 1. The van der Waals surface area contributed by atoms with Gasteiger partial charge in [-0.05, 0) is 19.3 Å². The molecule has 1 heterocycles. The molecular weight excluding hydrogens is 220 g/mol. The van der Waals surface area contributed by atoms with E-state index in [4.69, 9.17) is 4.98 Å². The second-order valence-electron chi connectivity index (χ2n) is 4.82. The van der Waals surface area contributed by atoms with Gasteiger partial charge in [0.1, 0.15) is 5.82 Å². The molecule has 0 fully saturated rings. The third-order valence-corrected chi connectivity index (χ3v) is 2.76. The minimum Gasteiger partial charge on any atom is -0.307 e. The van der Waals surface area contributed by atoms with Crippen molar-refractivity contribution in [3.8, 4) is 0 Å². The predicted molar refractivity (Wildman–Crippen MR) is 82.1 cm³/mol. The summed E-state index contributed by atoms with van der Waals surface area (Å²) >= 11 is 0. The molecule has 18 heavy (non-hydrogen) atoms. The summed E-state index contributed by atoms with van der Waals surface area (Å²) in [7, 11) is 0. The first kappa shape index (κ1) is 16.9. The first-order chi connectivity index (χ1) is 8.52. The van der Waals surface area contributed by atoms with Crippen LogP contribution in [-0.4, -0.2) is 9.55 Å². The van der Waals surface area contributed by atoms with Gasteiger partial charge in [-0.2, -0.15) is 0 Å². The third kappa shape index (κ3) is 3.72. The highest BCUT2D eigenvalue weighted by Crippen LogP contribution is 2.25. The molecule has 104 valence electrons. The standard InChI is InChI=1S/C14H24N2.C2H6/c1-7-9-16-12(8-2)13(10(3)4)15-14(16)11(5)6;1-2/h7,9-11H,8H2,1-6H3;1-2H3/b9-7-;. The summed E-state index contributed by atoms with van der Waals surface area (Å²) in [5.41, 5.74) is 2.61. The van der Waals surface area contributed by atoms with Crippen LogP contribution in [0.15, 0.2) is 6.08 Å². The first-order valence-electron chi connectivity index (χ1n) is 7.26. The molecular formula is C16H30N2.